The predicted molar refractivity (Wildman–Crippen MR) is 140 cm³/mol. The molecule has 0 spiro atoms. The predicted octanol–water partition coefficient (Wildman–Crippen LogP) is 4.42. The van der Waals surface area contributed by atoms with E-state index in [1.54, 1.807) is 6.92 Å². The molecule has 2 amide bonds. The maximum Gasteiger partial charge on any atom is 0.244 e. The van der Waals surface area contributed by atoms with Gasteiger partial charge in [-0.25, -0.2) is 12.8 Å². The molecule has 1 aliphatic carbocycles. The Morgan fingerprint density at radius 1 is 1.14 bits per heavy atom. The molecule has 3 rings (SSSR count). The Kier molecular flexibility index (Phi) is 9.35. The van der Waals surface area contributed by atoms with Crippen LogP contribution in [0.2, 0.25) is 5.02 Å². The van der Waals surface area contributed by atoms with Gasteiger partial charge in [0.1, 0.15) is 18.4 Å². The van der Waals surface area contributed by atoms with Crippen LogP contribution in [0, 0.1) is 12.7 Å². The van der Waals surface area contributed by atoms with E-state index >= 15 is 0 Å². The molecule has 2 aromatic carbocycles. The third-order valence-corrected chi connectivity index (χ3v) is 7.85. The van der Waals surface area contributed by atoms with E-state index in [9.17, 15) is 22.4 Å². The molecule has 0 aliphatic heterocycles. The van der Waals surface area contributed by atoms with Gasteiger partial charge in [-0.2, -0.15) is 0 Å². The van der Waals surface area contributed by atoms with E-state index in [1.807, 2.05) is 31.2 Å². The summed E-state index contributed by atoms with van der Waals surface area (Å²) in [5.41, 5.74) is 1.88. The van der Waals surface area contributed by atoms with Crippen molar-refractivity contribution in [2.45, 2.75) is 64.6 Å². The fourth-order valence-electron chi connectivity index (χ4n) is 4.41. The average molecular weight is 538 g/mol. The second-order valence-electron chi connectivity index (χ2n) is 9.40. The van der Waals surface area contributed by atoms with Crippen LogP contribution < -0.4 is 9.62 Å². The van der Waals surface area contributed by atoms with Crippen molar-refractivity contribution < 1.29 is 22.4 Å². The zero-order valence-electron chi connectivity index (χ0n) is 20.8. The molecule has 1 aliphatic rings. The molecule has 1 saturated carbocycles. The summed E-state index contributed by atoms with van der Waals surface area (Å²) < 4.78 is 39.8. The quantitative estimate of drug-likeness (QED) is 0.513. The van der Waals surface area contributed by atoms with Crippen molar-refractivity contribution in [3.8, 4) is 0 Å². The minimum atomic E-state index is -3.92. The van der Waals surface area contributed by atoms with Crippen LogP contribution >= 0.6 is 11.6 Å². The molecule has 0 bridgehead atoms. The highest BCUT2D eigenvalue weighted by molar-refractivity contribution is 7.92. The van der Waals surface area contributed by atoms with Crippen molar-refractivity contribution in [2.24, 2.45) is 0 Å². The molecular weight excluding hydrogens is 505 g/mol. The van der Waals surface area contributed by atoms with Crippen LogP contribution in [0.15, 0.2) is 42.5 Å². The molecule has 1 fully saturated rings. The molecule has 7 nitrogen and oxygen atoms in total. The number of hydrogen-bond donors (Lipinski definition) is 1. The number of anilines is 1. The van der Waals surface area contributed by atoms with E-state index in [1.165, 1.54) is 11.0 Å². The summed E-state index contributed by atoms with van der Waals surface area (Å²) in [5.74, 6) is -1.54. The summed E-state index contributed by atoms with van der Waals surface area (Å²) in [7, 11) is -3.92. The third-order valence-electron chi connectivity index (χ3n) is 6.42. The Morgan fingerprint density at radius 3 is 2.44 bits per heavy atom. The highest BCUT2D eigenvalue weighted by Crippen LogP contribution is 2.25. The molecule has 0 saturated heterocycles. The summed E-state index contributed by atoms with van der Waals surface area (Å²) in [5, 5.41) is 2.80. The van der Waals surface area contributed by atoms with E-state index in [2.05, 4.69) is 5.32 Å². The van der Waals surface area contributed by atoms with Crippen LogP contribution in [0.25, 0.3) is 0 Å². The average Bonchev–Trinajstić information content (AvgIpc) is 2.82. The number of rotatable bonds is 9. The second-order valence-corrected chi connectivity index (χ2v) is 11.7. The number of nitrogens with one attached hydrogen (secondary N) is 1. The number of aryl methyl sites for hydroxylation is 1. The summed E-state index contributed by atoms with van der Waals surface area (Å²) in [6, 6.07) is 10.3. The summed E-state index contributed by atoms with van der Waals surface area (Å²) in [6.07, 6.45) is 6.01. The SMILES string of the molecule is Cc1cccc(CN(C(=O)CN(c2ccc(F)c(Cl)c2)S(C)(=O)=O)C(C)C(=O)NC2CCCCC2)c1. The Labute approximate surface area is 217 Å². The first-order chi connectivity index (χ1) is 17.0. The Balaban J connectivity index is 1.88. The van der Waals surface area contributed by atoms with Gasteiger partial charge in [-0.05, 0) is 50.5 Å². The lowest BCUT2D eigenvalue weighted by atomic mass is 9.95. The lowest BCUT2D eigenvalue weighted by Gasteiger charge is -2.33. The number of amides is 2. The first-order valence-electron chi connectivity index (χ1n) is 12.0. The van der Waals surface area contributed by atoms with Crippen LogP contribution in [0.3, 0.4) is 0 Å². The van der Waals surface area contributed by atoms with Crippen LogP contribution in [0.5, 0.6) is 0 Å². The minimum absolute atomic E-state index is 0.0621. The summed E-state index contributed by atoms with van der Waals surface area (Å²) in [6.45, 7) is 3.14. The van der Waals surface area contributed by atoms with Crippen LogP contribution in [-0.2, 0) is 26.2 Å². The van der Waals surface area contributed by atoms with Gasteiger partial charge in [-0.15, -0.1) is 0 Å². The van der Waals surface area contributed by atoms with Gasteiger partial charge in [-0.1, -0.05) is 60.7 Å². The zero-order chi connectivity index (χ0) is 26.5. The van der Waals surface area contributed by atoms with Gasteiger partial charge in [0.05, 0.1) is 17.0 Å². The van der Waals surface area contributed by atoms with Gasteiger partial charge in [0.15, 0.2) is 0 Å². The van der Waals surface area contributed by atoms with Crippen molar-refractivity contribution in [3.05, 3.63) is 64.4 Å². The highest BCUT2D eigenvalue weighted by Gasteiger charge is 2.31. The fourth-order valence-corrected chi connectivity index (χ4v) is 5.43. The molecule has 0 aromatic heterocycles. The lowest BCUT2D eigenvalue weighted by Crippen LogP contribution is -2.53. The van der Waals surface area contributed by atoms with E-state index in [4.69, 9.17) is 11.6 Å². The topological polar surface area (TPSA) is 86.8 Å². The highest BCUT2D eigenvalue weighted by atomic mass is 35.5. The maximum atomic E-state index is 13.7. The molecule has 1 N–H and O–H groups in total. The molecule has 10 heteroatoms. The number of nitrogens with zero attached hydrogens (tertiary/aromatic N) is 2. The number of sulfonamides is 1. The van der Waals surface area contributed by atoms with Crippen LogP contribution in [0.4, 0.5) is 10.1 Å². The van der Waals surface area contributed by atoms with Gasteiger partial charge in [0, 0.05) is 12.6 Å². The third kappa shape index (κ3) is 7.43. The molecule has 196 valence electrons. The number of carbonyl (C=O) groups excluding carboxylic acids is 2. The summed E-state index contributed by atoms with van der Waals surface area (Å²) >= 11 is 5.87. The Morgan fingerprint density at radius 2 is 1.83 bits per heavy atom. The van der Waals surface area contributed by atoms with Crippen molar-refractivity contribution in [3.63, 3.8) is 0 Å². The monoisotopic (exact) mass is 537 g/mol. The molecular formula is C26H33ClFN3O4S. The van der Waals surface area contributed by atoms with Gasteiger partial charge in [0.2, 0.25) is 21.8 Å². The van der Waals surface area contributed by atoms with Gasteiger partial charge < -0.3 is 10.2 Å². The van der Waals surface area contributed by atoms with Gasteiger partial charge >= 0.3 is 0 Å². The molecule has 1 atom stereocenters. The lowest BCUT2D eigenvalue weighted by molar-refractivity contribution is -0.139. The largest absolute Gasteiger partial charge is 0.352 e. The Bertz CT molecular complexity index is 1200. The molecule has 0 radical (unpaired) electrons. The van der Waals surface area contributed by atoms with Crippen molar-refractivity contribution in [1.82, 2.24) is 10.2 Å². The smallest absolute Gasteiger partial charge is 0.244 e. The standard InChI is InChI=1S/C26H33ClFN3O4S/c1-18-8-7-9-20(14-18)16-30(19(2)26(33)29-21-10-5-4-6-11-21)25(32)17-31(36(3,34)35)22-12-13-24(28)23(27)15-22/h7-9,12-15,19,21H,4-6,10-11,16-17H2,1-3H3,(H,29,33). The number of carbonyl (C=O) groups is 2. The first-order valence-corrected chi connectivity index (χ1v) is 14.3. The van der Waals surface area contributed by atoms with Crippen molar-refractivity contribution >= 4 is 39.1 Å². The Hall–Kier alpha value is -2.65. The molecule has 36 heavy (non-hydrogen) atoms. The first kappa shape index (κ1) is 27.9. The van der Waals surface area contributed by atoms with E-state index in [0.29, 0.717) is 0 Å². The fraction of sp³-hybridized carbons (Fsp3) is 0.462. The minimum Gasteiger partial charge on any atom is -0.352 e. The van der Waals surface area contributed by atoms with E-state index in [-0.39, 0.29) is 29.2 Å². The molecule has 2 aromatic rings. The second kappa shape index (κ2) is 12.1. The molecule has 1 unspecified atom stereocenters. The normalized spacial score (nSPS) is 15.2. The molecule has 0 heterocycles. The number of benzene rings is 2. The zero-order valence-corrected chi connectivity index (χ0v) is 22.4. The van der Waals surface area contributed by atoms with Gasteiger partial charge in [-0.3, -0.25) is 13.9 Å². The maximum absolute atomic E-state index is 13.7. The number of halogens is 2. The van der Waals surface area contributed by atoms with E-state index in [0.717, 1.165) is 65.9 Å². The van der Waals surface area contributed by atoms with Crippen molar-refractivity contribution in [2.75, 3.05) is 17.1 Å². The van der Waals surface area contributed by atoms with Crippen molar-refractivity contribution in [1.29, 1.82) is 0 Å². The number of hydrogen-bond acceptors (Lipinski definition) is 4. The van der Waals surface area contributed by atoms with E-state index < -0.39 is 34.3 Å². The van der Waals surface area contributed by atoms with Gasteiger partial charge in [0.25, 0.3) is 0 Å². The summed E-state index contributed by atoms with van der Waals surface area (Å²) in [4.78, 5) is 28.1. The van der Waals surface area contributed by atoms with Crippen LogP contribution in [-0.4, -0.2) is 50.0 Å². The van der Waals surface area contributed by atoms with Crippen LogP contribution in [0.1, 0.15) is 50.2 Å².